The largest absolute Gasteiger partial charge is 0.275 e. The zero-order chi connectivity index (χ0) is 13.2. The normalized spacial score (nSPS) is 12.8. The zero-order valence-electron chi connectivity index (χ0n) is 8.37. The van der Waals surface area contributed by atoms with Gasteiger partial charge < -0.3 is 0 Å². The Bertz CT molecular complexity index is 428. The van der Waals surface area contributed by atoms with Gasteiger partial charge in [0.15, 0.2) is 0 Å². The standard InChI is InChI=1S/C9H6Cl6N2/c1-4(9(13,14)15)16-17-8-6(11)2-5(10)3-7(8)12/h2-3,17H,1H3/b16-4-. The van der Waals surface area contributed by atoms with E-state index in [9.17, 15) is 0 Å². The molecule has 0 amide bonds. The predicted octanol–water partition coefficient (Wildman–Crippen LogP) is 5.80. The minimum absolute atomic E-state index is 0.254. The van der Waals surface area contributed by atoms with Crippen LogP contribution in [0.1, 0.15) is 6.92 Å². The SMILES string of the molecule is C/C(=N/Nc1c(Cl)cc(Cl)cc1Cl)C(Cl)(Cl)Cl. The third-order valence-corrected chi connectivity index (χ3v) is 3.39. The molecule has 94 valence electrons. The highest BCUT2D eigenvalue weighted by Gasteiger charge is 2.24. The lowest BCUT2D eigenvalue weighted by molar-refractivity contribution is 1.29. The topological polar surface area (TPSA) is 24.4 Å². The summed E-state index contributed by atoms with van der Waals surface area (Å²) in [5.74, 6) is 0. The predicted molar refractivity (Wildman–Crippen MR) is 78.5 cm³/mol. The van der Waals surface area contributed by atoms with Gasteiger partial charge in [-0.3, -0.25) is 5.43 Å². The molecule has 0 radical (unpaired) electrons. The molecule has 0 spiro atoms. The second kappa shape index (κ2) is 6.05. The molecule has 0 fully saturated rings. The van der Waals surface area contributed by atoms with Gasteiger partial charge in [0.25, 0.3) is 0 Å². The number of anilines is 1. The molecule has 1 aromatic carbocycles. The van der Waals surface area contributed by atoms with Crippen LogP contribution in [0.15, 0.2) is 17.2 Å². The van der Waals surface area contributed by atoms with Crippen LogP contribution >= 0.6 is 69.6 Å². The number of benzene rings is 1. The summed E-state index contributed by atoms with van der Waals surface area (Å²) in [5, 5.41) is 4.94. The molecule has 0 unspecified atom stereocenters. The van der Waals surface area contributed by atoms with Crippen LogP contribution in [0.2, 0.25) is 15.1 Å². The van der Waals surface area contributed by atoms with E-state index in [4.69, 9.17) is 69.6 Å². The second-order valence-electron chi connectivity index (χ2n) is 3.05. The Kier molecular flexibility index (Phi) is 5.51. The van der Waals surface area contributed by atoms with Gasteiger partial charge in [-0.05, 0) is 19.1 Å². The maximum atomic E-state index is 5.93. The lowest BCUT2D eigenvalue weighted by Crippen LogP contribution is -2.16. The Labute approximate surface area is 129 Å². The first-order valence-electron chi connectivity index (χ1n) is 4.24. The third-order valence-electron chi connectivity index (χ3n) is 1.75. The van der Waals surface area contributed by atoms with Crippen molar-refractivity contribution in [2.45, 2.75) is 10.7 Å². The fourth-order valence-corrected chi connectivity index (χ4v) is 1.88. The van der Waals surface area contributed by atoms with E-state index in [1.807, 2.05) is 0 Å². The van der Waals surface area contributed by atoms with Crippen LogP contribution < -0.4 is 5.43 Å². The average Bonchev–Trinajstić information content (AvgIpc) is 2.13. The summed E-state index contributed by atoms with van der Waals surface area (Å²) in [7, 11) is 0. The van der Waals surface area contributed by atoms with Crippen LogP contribution in [0.25, 0.3) is 0 Å². The molecule has 0 bridgehead atoms. The highest BCUT2D eigenvalue weighted by molar-refractivity contribution is 6.76. The maximum Gasteiger partial charge on any atom is 0.230 e. The number of hydrazone groups is 1. The molecule has 0 aliphatic carbocycles. The highest BCUT2D eigenvalue weighted by atomic mass is 35.6. The molecule has 8 heteroatoms. The molecule has 0 saturated heterocycles. The molecule has 1 N–H and O–H groups in total. The quantitative estimate of drug-likeness (QED) is 0.405. The van der Waals surface area contributed by atoms with Gasteiger partial charge in [0, 0.05) is 5.02 Å². The summed E-state index contributed by atoms with van der Waals surface area (Å²) >= 11 is 34.5. The van der Waals surface area contributed by atoms with Crippen molar-refractivity contribution in [2.75, 3.05) is 5.43 Å². The van der Waals surface area contributed by atoms with Crippen LogP contribution in [0.3, 0.4) is 0 Å². The van der Waals surface area contributed by atoms with Crippen molar-refractivity contribution >= 4 is 81.0 Å². The van der Waals surface area contributed by atoms with E-state index in [1.165, 1.54) is 12.1 Å². The van der Waals surface area contributed by atoms with E-state index >= 15 is 0 Å². The fraction of sp³-hybridized carbons (Fsp3) is 0.222. The van der Waals surface area contributed by atoms with Crippen LogP contribution in [0, 0.1) is 0 Å². The molecular weight excluding hydrogens is 349 g/mol. The number of nitrogens with one attached hydrogen (secondary N) is 1. The van der Waals surface area contributed by atoms with Crippen molar-refractivity contribution < 1.29 is 0 Å². The number of alkyl halides is 3. The average molecular weight is 355 g/mol. The molecule has 0 aliphatic rings. The first kappa shape index (κ1) is 15.5. The molecule has 17 heavy (non-hydrogen) atoms. The Morgan fingerprint density at radius 1 is 1.12 bits per heavy atom. The summed E-state index contributed by atoms with van der Waals surface area (Å²) in [6.45, 7) is 1.55. The Balaban J connectivity index is 2.98. The van der Waals surface area contributed by atoms with Crippen molar-refractivity contribution in [1.82, 2.24) is 0 Å². The van der Waals surface area contributed by atoms with Gasteiger partial charge >= 0.3 is 0 Å². The molecule has 0 heterocycles. The number of hydrogen-bond acceptors (Lipinski definition) is 2. The Morgan fingerprint density at radius 3 is 2.00 bits per heavy atom. The summed E-state index contributed by atoms with van der Waals surface area (Å²) in [6, 6.07) is 3.05. The molecular formula is C9H6Cl6N2. The minimum Gasteiger partial charge on any atom is -0.275 e. The van der Waals surface area contributed by atoms with Gasteiger partial charge in [0.2, 0.25) is 3.79 Å². The van der Waals surface area contributed by atoms with Gasteiger partial charge in [-0.15, -0.1) is 0 Å². The van der Waals surface area contributed by atoms with Crippen LogP contribution in [-0.4, -0.2) is 9.50 Å². The lowest BCUT2D eigenvalue weighted by atomic mass is 10.3. The molecule has 2 nitrogen and oxygen atoms in total. The van der Waals surface area contributed by atoms with E-state index in [2.05, 4.69) is 10.5 Å². The highest BCUT2D eigenvalue weighted by Crippen LogP contribution is 2.34. The van der Waals surface area contributed by atoms with Gasteiger partial charge in [-0.25, -0.2) is 0 Å². The minimum atomic E-state index is -1.58. The summed E-state index contributed by atoms with van der Waals surface area (Å²) in [4.78, 5) is 0. The monoisotopic (exact) mass is 352 g/mol. The van der Waals surface area contributed by atoms with Crippen LogP contribution in [-0.2, 0) is 0 Å². The first-order valence-corrected chi connectivity index (χ1v) is 6.50. The molecule has 1 aromatic rings. The molecule has 0 aromatic heterocycles. The first-order chi connectivity index (χ1) is 7.71. The van der Waals surface area contributed by atoms with E-state index in [-0.39, 0.29) is 5.71 Å². The van der Waals surface area contributed by atoms with Gasteiger partial charge in [-0.2, -0.15) is 5.10 Å². The summed E-state index contributed by atoms with van der Waals surface area (Å²) in [6.07, 6.45) is 0. The van der Waals surface area contributed by atoms with E-state index < -0.39 is 3.79 Å². The summed E-state index contributed by atoms with van der Waals surface area (Å²) in [5.41, 5.74) is 3.28. The number of halogens is 6. The maximum absolute atomic E-state index is 5.93. The lowest BCUT2D eigenvalue weighted by Gasteiger charge is -2.12. The fourth-order valence-electron chi connectivity index (χ4n) is 0.852. The Hall–Kier alpha value is 0.430. The number of nitrogens with zero attached hydrogens (tertiary/aromatic N) is 1. The van der Waals surface area contributed by atoms with Crippen molar-refractivity contribution in [2.24, 2.45) is 5.10 Å². The zero-order valence-corrected chi connectivity index (χ0v) is 12.9. The van der Waals surface area contributed by atoms with E-state index in [0.29, 0.717) is 20.8 Å². The van der Waals surface area contributed by atoms with E-state index in [1.54, 1.807) is 6.92 Å². The van der Waals surface area contributed by atoms with Crippen molar-refractivity contribution in [1.29, 1.82) is 0 Å². The van der Waals surface area contributed by atoms with Crippen molar-refractivity contribution in [3.63, 3.8) is 0 Å². The van der Waals surface area contributed by atoms with Crippen LogP contribution in [0.5, 0.6) is 0 Å². The van der Waals surface area contributed by atoms with Gasteiger partial charge in [0.05, 0.1) is 21.4 Å². The van der Waals surface area contributed by atoms with E-state index in [0.717, 1.165) is 0 Å². The molecule has 0 aliphatic heterocycles. The summed E-state index contributed by atoms with van der Waals surface area (Å²) < 4.78 is -1.58. The Morgan fingerprint density at radius 2 is 1.59 bits per heavy atom. The smallest absolute Gasteiger partial charge is 0.230 e. The molecule has 0 atom stereocenters. The van der Waals surface area contributed by atoms with Gasteiger partial charge in [-0.1, -0.05) is 69.6 Å². The third kappa shape index (κ3) is 4.55. The van der Waals surface area contributed by atoms with Crippen LogP contribution in [0.4, 0.5) is 5.69 Å². The van der Waals surface area contributed by atoms with Crippen molar-refractivity contribution in [3.05, 3.63) is 27.2 Å². The second-order valence-corrected chi connectivity index (χ2v) is 6.58. The number of rotatable bonds is 2. The molecule has 0 saturated carbocycles. The molecule has 1 rings (SSSR count). The number of hydrogen-bond donors (Lipinski definition) is 1. The van der Waals surface area contributed by atoms with Gasteiger partial charge in [0.1, 0.15) is 0 Å². The van der Waals surface area contributed by atoms with Crippen molar-refractivity contribution in [3.8, 4) is 0 Å².